The number of rotatable bonds is 5. The van der Waals surface area contributed by atoms with Crippen molar-refractivity contribution < 1.29 is 4.79 Å². The zero-order chi connectivity index (χ0) is 13.5. The average molecular weight is 249 g/mol. The third kappa shape index (κ3) is 4.28. The van der Waals surface area contributed by atoms with Gasteiger partial charge in [0.25, 0.3) is 0 Å². The monoisotopic (exact) mass is 249 g/mol. The Kier molecular flexibility index (Phi) is 5.49. The second-order valence-electron chi connectivity index (χ2n) is 4.59. The van der Waals surface area contributed by atoms with Crippen molar-refractivity contribution in [1.82, 2.24) is 5.32 Å². The van der Waals surface area contributed by atoms with Gasteiger partial charge in [0.1, 0.15) is 0 Å². The number of amides is 2. The van der Waals surface area contributed by atoms with Gasteiger partial charge in [0.2, 0.25) is 0 Å². The molecule has 0 bridgehead atoms. The molecular formula is C14H23N3O. The van der Waals surface area contributed by atoms with Crippen LogP contribution in [0.4, 0.5) is 16.2 Å². The summed E-state index contributed by atoms with van der Waals surface area (Å²) >= 11 is 0. The van der Waals surface area contributed by atoms with E-state index >= 15 is 0 Å². The molecule has 1 aromatic rings. The van der Waals surface area contributed by atoms with Gasteiger partial charge in [-0.3, -0.25) is 0 Å². The Labute approximate surface area is 109 Å². The van der Waals surface area contributed by atoms with Crippen LogP contribution in [0.1, 0.15) is 33.6 Å². The number of nitrogens with two attached hydrogens (primary N) is 1. The van der Waals surface area contributed by atoms with Crippen LogP contribution in [-0.4, -0.2) is 12.1 Å². The highest BCUT2D eigenvalue weighted by atomic mass is 16.2. The number of urea groups is 1. The van der Waals surface area contributed by atoms with E-state index in [9.17, 15) is 4.79 Å². The third-order valence-corrected chi connectivity index (χ3v) is 3.26. The molecule has 100 valence electrons. The van der Waals surface area contributed by atoms with Gasteiger partial charge in [0.05, 0.1) is 0 Å². The molecule has 1 aromatic carbocycles. The van der Waals surface area contributed by atoms with Gasteiger partial charge < -0.3 is 16.4 Å². The summed E-state index contributed by atoms with van der Waals surface area (Å²) in [6.45, 7) is 6.32. The minimum absolute atomic E-state index is 0.168. The van der Waals surface area contributed by atoms with Gasteiger partial charge in [-0.25, -0.2) is 4.79 Å². The summed E-state index contributed by atoms with van der Waals surface area (Å²) in [4.78, 5) is 11.8. The molecule has 18 heavy (non-hydrogen) atoms. The molecule has 0 aliphatic carbocycles. The van der Waals surface area contributed by atoms with Gasteiger partial charge in [0, 0.05) is 17.4 Å². The quantitative estimate of drug-likeness (QED) is 0.701. The lowest BCUT2D eigenvalue weighted by atomic mass is 9.96. The van der Waals surface area contributed by atoms with Crippen molar-refractivity contribution in [2.75, 3.05) is 11.1 Å². The van der Waals surface area contributed by atoms with Crippen LogP contribution in [0.15, 0.2) is 24.3 Å². The lowest BCUT2D eigenvalue weighted by molar-refractivity contribution is 0.243. The number of anilines is 2. The highest BCUT2D eigenvalue weighted by Gasteiger charge is 2.15. The van der Waals surface area contributed by atoms with Crippen LogP contribution in [0.25, 0.3) is 0 Å². The largest absolute Gasteiger partial charge is 0.399 e. The van der Waals surface area contributed by atoms with Gasteiger partial charge >= 0.3 is 6.03 Å². The first kappa shape index (κ1) is 14.4. The minimum atomic E-state index is -0.181. The van der Waals surface area contributed by atoms with Crippen molar-refractivity contribution >= 4 is 17.4 Å². The van der Waals surface area contributed by atoms with Crippen LogP contribution in [0.3, 0.4) is 0 Å². The second-order valence-corrected chi connectivity index (χ2v) is 4.59. The normalized spacial score (nSPS) is 12.2. The molecule has 1 atom stereocenters. The van der Waals surface area contributed by atoms with Crippen molar-refractivity contribution in [2.45, 2.75) is 39.7 Å². The van der Waals surface area contributed by atoms with Gasteiger partial charge in [-0.05, 0) is 31.0 Å². The Bertz CT molecular complexity index is 388. The van der Waals surface area contributed by atoms with E-state index in [2.05, 4.69) is 24.5 Å². The van der Waals surface area contributed by atoms with Crippen molar-refractivity contribution in [3.05, 3.63) is 24.3 Å². The Morgan fingerprint density at radius 3 is 2.56 bits per heavy atom. The Morgan fingerprint density at radius 2 is 2.00 bits per heavy atom. The fraction of sp³-hybridized carbons (Fsp3) is 0.500. The number of nitrogen functional groups attached to an aromatic ring is 1. The van der Waals surface area contributed by atoms with Crippen LogP contribution >= 0.6 is 0 Å². The van der Waals surface area contributed by atoms with Crippen LogP contribution in [0.2, 0.25) is 0 Å². The summed E-state index contributed by atoms with van der Waals surface area (Å²) in [6, 6.07) is 7.14. The number of benzene rings is 1. The summed E-state index contributed by atoms with van der Waals surface area (Å²) in [7, 11) is 0. The van der Waals surface area contributed by atoms with Gasteiger partial charge in [-0.1, -0.05) is 32.8 Å². The van der Waals surface area contributed by atoms with Crippen LogP contribution in [-0.2, 0) is 0 Å². The molecule has 4 heteroatoms. The van der Waals surface area contributed by atoms with Crippen LogP contribution in [0.5, 0.6) is 0 Å². The molecule has 0 aliphatic heterocycles. The first-order valence-electron chi connectivity index (χ1n) is 6.49. The van der Waals surface area contributed by atoms with Crippen molar-refractivity contribution in [3.63, 3.8) is 0 Å². The highest BCUT2D eigenvalue weighted by molar-refractivity contribution is 5.89. The third-order valence-electron chi connectivity index (χ3n) is 3.26. The number of carbonyl (C=O) groups excluding carboxylic acids is 1. The van der Waals surface area contributed by atoms with Gasteiger partial charge in [-0.2, -0.15) is 0 Å². The lowest BCUT2D eigenvalue weighted by Gasteiger charge is -2.22. The van der Waals surface area contributed by atoms with E-state index in [0.29, 0.717) is 17.3 Å². The molecule has 4 nitrogen and oxygen atoms in total. The van der Waals surface area contributed by atoms with Crippen LogP contribution in [0, 0.1) is 5.92 Å². The SMILES string of the molecule is CCC(CC)C(C)NC(=O)Nc1cccc(N)c1. The number of hydrogen-bond acceptors (Lipinski definition) is 2. The molecule has 0 spiro atoms. The fourth-order valence-corrected chi connectivity index (χ4v) is 2.10. The van der Waals surface area contributed by atoms with E-state index < -0.39 is 0 Å². The van der Waals surface area contributed by atoms with Gasteiger partial charge in [-0.15, -0.1) is 0 Å². The molecule has 4 N–H and O–H groups in total. The maximum Gasteiger partial charge on any atom is 0.319 e. The predicted molar refractivity (Wildman–Crippen MR) is 76.5 cm³/mol. The number of carbonyl (C=O) groups is 1. The maximum absolute atomic E-state index is 11.8. The molecule has 1 rings (SSSR count). The molecule has 1 unspecified atom stereocenters. The summed E-state index contributed by atoms with van der Waals surface area (Å²) < 4.78 is 0. The Balaban J connectivity index is 2.51. The molecule has 0 fully saturated rings. The Hall–Kier alpha value is -1.71. The zero-order valence-electron chi connectivity index (χ0n) is 11.4. The van der Waals surface area contributed by atoms with E-state index in [1.54, 1.807) is 12.1 Å². The molecule has 0 aliphatic rings. The molecule has 0 radical (unpaired) electrons. The van der Waals surface area contributed by atoms with Crippen molar-refractivity contribution in [1.29, 1.82) is 0 Å². The first-order valence-corrected chi connectivity index (χ1v) is 6.49. The second kappa shape index (κ2) is 6.89. The minimum Gasteiger partial charge on any atom is -0.399 e. The van der Waals surface area contributed by atoms with E-state index in [0.717, 1.165) is 12.8 Å². The van der Waals surface area contributed by atoms with Crippen molar-refractivity contribution in [3.8, 4) is 0 Å². The average Bonchev–Trinajstić information content (AvgIpc) is 2.30. The molecular weight excluding hydrogens is 226 g/mol. The number of nitrogens with one attached hydrogen (secondary N) is 2. The highest BCUT2D eigenvalue weighted by Crippen LogP contribution is 2.14. The molecule has 0 heterocycles. The summed E-state index contributed by atoms with van der Waals surface area (Å²) in [5, 5.41) is 5.75. The van der Waals surface area contributed by atoms with E-state index in [1.807, 2.05) is 19.1 Å². The van der Waals surface area contributed by atoms with Crippen molar-refractivity contribution in [2.24, 2.45) is 5.92 Å². The standard InChI is InChI=1S/C14H23N3O/c1-4-11(5-2)10(3)16-14(18)17-13-8-6-7-12(15)9-13/h6-11H,4-5,15H2,1-3H3,(H2,16,17,18). The van der Waals surface area contributed by atoms with Crippen LogP contribution < -0.4 is 16.4 Å². The Morgan fingerprint density at radius 1 is 1.33 bits per heavy atom. The number of hydrogen-bond donors (Lipinski definition) is 3. The first-order chi connectivity index (χ1) is 8.56. The van der Waals surface area contributed by atoms with E-state index in [4.69, 9.17) is 5.73 Å². The molecule has 0 saturated heterocycles. The summed E-state index contributed by atoms with van der Waals surface area (Å²) in [5.41, 5.74) is 7.01. The molecule has 2 amide bonds. The smallest absolute Gasteiger partial charge is 0.319 e. The predicted octanol–water partition coefficient (Wildman–Crippen LogP) is 3.22. The summed E-state index contributed by atoms with van der Waals surface area (Å²) in [5.74, 6) is 0.511. The molecule has 0 aromatic heterocycles. The van der Waals surface area contributed by atoms with E-state index in [1.165, 1.54) is 0 Å². The fourth-order valence-electron chi connectivity index (χ4n) is 2.10. The maximum atomic E-state index is 11.8. The van der Waals surface area contributed by atoms with E-state index in [-0.39, 0.29) is 12.1 Å². The molecule has 0 saturated carbocycles. The van der Waals surface area contributed by atoms with Gasteiger partial charge in [0.15, 0.2) is 0 Å². The zero-order valence-corrected chi connectivity index (χ0v) is 11.4. The summed E-state index contributed by atoms with van der Waals surface area (Å²) in [6.07, 6.45) is 2.13. The lowest BCUT2D eigenvalue weighted by Crippen LogP contribution is -2.40. The topological polar surface area (TPSA) is 67.2 Å².